The van der Waals surface area contributed by atoms with Crippen molar-refractivity contribution >= 4 is 17.7 Å². The summed E-state index contributed by atoms with van der Waals surface area (Å²) >= 11 is 0. The molecule has 4 unspecified atom stereocenters. The fourth-order valence-electron chi connectivity index (χ4n) is 5.62. The Bertz CT molecular complexity index is 1090. The van der Waals surface area contributed by atoms with Crippen molar-refractivity contribution in [3.8, 4) is 0 Å². The molecule has 2 aliphatic heterocycles. The van der Waals surface area contributed by atoms with Crippen LogP contribution in [0, 0.1) is 5.92 Å². The molecule has 0 bridgehead atoms. The summed E-state index contributed by atoms with van der Waals surface area (Å²) in [5.41, 5.74) is 3.64. The van der Waals surface area contributed by atoms with Crippen molar-refractivity contribution in [3.05, 3.63) is 70.8 Å². The second-order valence-corrected chi connectivity index (χ2v) is 9.75. The third-order valence-corrected chi connectivity index (χ3v) is 7.49. The summed E-state index contributed by atoms with van der Waals surface area (Å²) in [5, 5.41) is 16.8. The van der Waals surface area contributed by atoms with Crippen molar-refractivity contribution in [1.82, 2.24) is 15.5 Å². The largest absolute Gasteiger partial charge is 0.388 e. The van der Waals surface area contributed by atoms with Gasteiger partial charge in [0.2, 0.25) is 11.8 Å². The Morgan fingerprint density at radius 3 is 2.68 bits per heavy atom. The molecule has 2 heterocycles. The van der Waals surface area contributed by atoms with Gasteiger partial charge in [-0.3, -0.25) is 19.7 Å². The number of carbonyl (C=O) groups excluding carboxylic acids is 3. The summed E-state index contributed by atoms with van der Waals surface area (Å²) < 4.78 is 0. The lowest BCUT2D eigenvalue weighted by Gasteiger charge is -2.33. The van der Waals surface area contributed by atoms with Crippen LogP contribution in [0.1, 0.15) is 71.7 Å². The van der Waals surface area contributed by atoms with Gasteiger partial charge in [0.1, 0.15) is 6.04 Å². The third kappa shape index (κ3) is 4.63. The Morgan fingerprint density at radius 1 is 1.06 bits per heavy atom. The highest BCUT2D eigenvalue weighted by Gasteiger charge is 2.39. The van der Waals surface area contributed by atoms with Crippen molar-refractivity contribution in [1.29, 1.82) is 0 Å². The topological polar surface area (TPSA) is 98.7 Å². The number of nitrogens with zero attached hydrogens (tertiary/aromatic N) is 1. The van der Waals surface area contributed by atoms with Crippen LogP contribution in [0.25, 0.3) is 0 Å². The fourth-order valence-corrected chi connectivity index (χ4v) is 5.62. The molecule has 3 amide bonds. The Labute approximate surface area is 199 Å². The number of fused-ring (bicyclic) bond motifs is 1. The van der Waals surface area contributed by atoms with Gasteiger partial charge in [-0.05, 0) is 54.4 Å². The van der Waals surface area contributed by atoms with Crippen LogP contribution in [0.2, 0.25) is 0 Å². The van der Waals surface area contributed by atoms with E-state index in [4.69, 9.17) is 0 Å². The number of aliphatic hydroxyl groups excluding tert-OH is 1. The number of carbonyl (C=O) groups is 3. The maximum Gasteiger partial charge on any atom is 0.255 e. The molecule has 2 aromatic carbocycles. The molecule has 7 nitrogen and oxygen atoms in total. The molecular formula is C27H31N3O4. The second-order valence-electron chi connectivity index (χ2n) is 9.75. The number of benzene rings is 2. The number of nitrogens with one attached hydrogen (secondary N) is 2. The minimum Gasteiger partial charge on any atom is -0.388 e. The molecule has 0 spiro atoms. The van der Waals surface area contributed by atoms with E-state index in [0.717, 1.165) is 42.4 Å². The molecule has 1 saturated carbocycles. The van der Waals surface area contributed by atoms with E-state index in [1.807, 2.05) is 48.5 Å². The van der Waals surface area contributed by atoms with E-state index >= 15 is 0 Å². The van der Waals surface area contributed by atoms with Crippen LogP contribution in [-0.4, -0.2) is 39.8 Å². The zero-order valence-electron chi connectivity index (χ0n) is 19.2. The molecule has 1 saturated heterocycles. The predicted octanol–water partition coefficient (Wildman–Crippen LogP) is 2.83. The lowest BCUT2D eigenvalue weighted by Crippen LogP contribution is -2.52. The third-order valence-electron chi connectivity index (χ3n) is 7.49. The molecule has 3 aliphatic rings. The minimum atomic E-state index is -0.589. The zero-order chi connectivity index (χ0) is 23.7. The number of piperidine rings is 1. The van der Waals surface area contributed by atoms with Gasteiger partial charge in [0.15, 0.2) is 0 Å². The Balaban J connectivity index is 1.19. The molecule has 3 N–H and O–H groups in total. The van der Waals surface area contributed by atoms with Crippen LogP contribution in [0.3, 0.4) is 0 Å². The lowest BCUT2D eigenvalue weighted by molar-refractivity contribution is -0.136. The van der Waals surface area contributed by atoms with Crippen molar-refractivity contribution < 1.29 is 19.5 Å². The van der Waals surface area contributed by atoms with Gasteiger partial charge in [0.25, 0.3) is 5.91 Å². The van der Waals surface area contributed by atoms with Gasteiger partial charge in [-0.2, -0.15) is 0 Å². The first-order valence-corrected chi connectivity index (χ1v) is 12.2. The second kappa shape index (κ2) is 9.68. The number of hydrogen-bond acceptors (Lipinski definition) is 5. The maximum absolute atomic E-state index is 12.9. The SMILES string of the molecule is O=C1CCC(N2Cc3cc(CNC4CCCC(C(O)c5ccccc5)C4)ccc3C2=O)C(=O)N1. The monoisotopic (exact) mass is 461 g/mol. The first-order valence-electron chi connectivity index (χ1n) is 12.2. The number of hydrogen-bond donors (Lipinski definition) is 3. The number of imide groups is 1. The molecule has 1 aliphatic carbocycles. The van der Waals surface area contributed by atoms with Crippen LogP contribution in [0.15, 0.2) is 48.5 Å². The predicted molar refractivity (Wildman–Crippen MR) is 126 cm³/mol. The number of rotatable bonds is 6. The van der Waals surface area contributed by atoms with Crippen LogP contribution < -0.4 is 10.6 Å². The Morgan fingerprint density at radius 2 is 1.88 bits per heavy atom. The van der Waals surface area contributed by atoms with Crippen LogP contribution >= 0.6 is 0 Å². The summed E-state index contributed by atoms with van der Waals surface area (Å²) in [6, 6.07) is 15.5. The van der Waals surface area contributed by atoms with Gasteiger partial charge >= 0.3 is 0 Å². The van der Waals surface area contributed by atoms with E-state index in [-0.39, 0.29) is 30.1 Å². The highest BCUT2D eigenvalue weighted by atomic mass is 16.3. The van der Waals surface area contributed by atoms with E-state index in [2.05, 4.69) is 10.6 Å². The van der Waals surface area contributed by atoms with Gasteiger partial charge < -0.3 is 15.3 Å². The average Bonchev–Trinajstić information content (AvgIpc) is 3.18. The molecule has 34 heavy (non-hydrogen) atoms. The van der Waals surface area contributed by atoms with Gasteiger partial charge in [0, 0.05) is 31.1 Å². The first-order chi connectivity index (χ1) is 16.5. The quantitative estimate of drug-likeness (QED) is 0.575. The normalized spacial score (nSPS) is 25.7. The van der Waals surface area contributed by atoms with Crippen molar-refractivity contribution in [2.45, 2.75) is 69.8 Å². The van der Waals surface area contributed by atoms with E-state index in [1.54, 1.807) is 4.90 Å². The maximum atomic E-state index is 12.9. The van der Waals surface area contributed by atoms with Crippen LogP contribution in [0.5, 0.6) is 0 Å². The summed E-state index contributed by atoms with van der Waals surface area (Å²) in [6.45, 7) is 1.09. The summed E-state index contributed by atoms with van der Waals surface area (Å²) in [5.74, 6) is -0.564. The summed E-state index contributed by atoms with van der Waals surface area (Å²) in [7, 11) is 0. The standard InChI is InChI=1S/C27H31N3O4/c31-24-12-11-23(26(33)29-24)30-16-20-13-17(9-10-22(20)27(30)34)15-28-21-8-4-7-19(14-21)25(32)18-5-2-1-3-6-18/h1-3,5-6,9-10,13,19,21,23,25,28,32H,4,7-8,11-12,14-16H2,(H,29,31,33). The molecule has 0 aromatic heterocycles. The molecular weight excluding hydrogens is 430 g/mol. The summed E-state index contributed by atoms with van der Waals surface area (Å²) in [6.07, 6.45) is 4.34. The van der Waals surface area contributed by atoms with Gasteiger partial charge in [-0.25, -0.2) is 0 Å². The highest BCUT2D eigenvalue weighted by molar-refractivity contribution is 6.05. The first kappa shape index (κ1) is 22.7. The van der Waals surface area contributed by atoms with Crippen molar-refractivity contribution in [2.75, 3.05) is 0 Å². The Kier molecular flexibility index (Phi) is 6.48. The van der Waals surface area contributed by atoms with Gasteiger partial charge in [0.05, 0.1) is 6.10 Å². The molecule has 7 heteroatoms. The fraction of sp³-hybridized carbons (Fsp3) is 0.444. The van der Waals surface area contributed by atoms with Gasteiger partial charge in [-0.1, -0.05) is 48.9 Å². The number of amides is 3. The molecule has 4 atom stereocenters. The zero-order valence-corrected chi connectivity index (χ0v) is 19.2. The van der Waals surface area contributed by atoms with E-state index in [1.165, 1.54) is 0 Å². The van der Waals surface area contributed by atoms with E-state index < -0.39 is 12.1 Å². The van der Waals surface area contributed by atoms with Crippen LogP contribution in [0.4, 0.5) is 0 Å². The van der Waals surface area contributed by atoms with Crippen LogP contribution in [-0.2, 0) is 22.7 Å². The van der Waals surface area contributed by atoms with E-state index in [0.29, 0.717) is 31.1 Å². The Hall–Kier alpha value is -3.03. The van der Waals surface area contributed by atoms with E-state index in [9.17, 15) is 19.5 Å². The number of aliphatic hydroxyl groups is 1. The molecule has 2 aromatic rings. The molecule has 0 radical (unpaired) electrons. The minimum absolute atomic E-state index is 0.144. The highest BCUT2D eigenvalue weighted by Crippen LogP contribution is 2.35. The molecule has 178 valence electrons. The summed E-state index contributed by atoms with van der Waals surface area (Å²) in [4.78, 5) is 38.2. The van der Waals surface area contributed by atoms with Gasteiger partial charge in [-0.15, -0.1) is 0 Å². The molecule has 2 fully saturated rings. The smallest absolute Gasteiger partial charge is 0.255 e. The molecule has 5 rings (SSSR count). The van der Waals surface area contributed by atoms with Crippen molar-refractivity contribution in [2.24, 2.45) is 5.92 Å². The lowest BCUT2D eigenvalue weighted by atomic mass is 9.80. The van der Waals surface area contributed by atoms with Crippen molar-refractivity contribution in [3.63, 3.8) is 0 Å². The average molecular weight is 462 g/mol.